The molecule has 0 bridgehead atoms. The third kappa shape index (κ3) is 4.85. The van der Waals surface area contributed by atoms with E-state index in [1.807, 2.05) is 6.07 Å². The zero-order valence-electron chi connectivity index (χ0n) is 14.5. The Balaban J connectivity index is 1.77. The summed E-state index contributed by atoms with van der Waals surface area (Å²) in [6.45, 7) is 0. The third-order valence-corrected chi connectivity index (χ3v) is 4.85. The Morgan fingerprint density at radius 1 is 0.962 bits per heavy atom. The molecule has 1 aliphatic carbocycles. The van der Waals surface area contributed by atoms with Crippen LogP contribution in [0.2, 0.25) is 5.02 Å². The molecule has 2 aromatic carbocycles. The van der Waals surface area contributed by atoms with Crippen molar-refractivity contribution in [2.75, 3.05) is 0 Å². The van der Waals surface area contributed by atoms with Gasteiger partial charge in [-0.2, -0.15) is 0 Å². The topological polar surface area (TPSA) is 55.4 Å². The standard InChI is InChI=1S/C21H22ClNO3/c22-17-13-11-15(12-14-17)19(20(24)23-18-9-5-2-6-10-18)26-21(25)16-7-3-1-4-8-16/h1,3-4,7-8,11-14,18-19H,2,5-6,9-10H2,(H,23,24). The summed E-state index contributed by atoms with van der Waals surface area (Å²) in [5.41, 5.74) is 1.02. The van der Waals surface area contributed by atoms with Crippen molar-refractivity contribution in [1.29, 1.82) is 0 Å². The van der Waals surface area contributed by atoms with Crippen molar-refractivity contribution in [3.63, 3.8) is 0 Å². The summed E-state index contributed by atoms with van der Waals surface area (Å²) in [7, 11) is 0. The average Bonchev–Trinajstić information content (AvgIpc) is 2.68. The molecule has 0 aliphatic heterocycles. The molecule has 0 spiro atoms. The van der Waals surface area contributed by atoms with Crippen molar-refractivity contribution in [2.45, 2.75) is 44.2 Å². The van der Waals surface area contributed by atoms with Gasteiger partial charge >= 0.3 is 5.97 Å². The molecule has 26 heavy (non-hydrogen) atoms. The first-order valence-corrected chi connectivity index (χ1v) is 9.33. The number of hydrogen-bond donors (Lipinski definition) is 1. The molecule has 136 valence electrons. The first-order valence-electron chi connectivity index (χ1n) is 8.95. The van der Waals surface area contributed by atoms with Crippen LogP contribution in [0.4, 0.5) is 0 Å². The van der Waals surface area contributed by atoms with E-state index in [4.69, 9.17) is 16.3 Å². The molecule has 1 amide bonds. The second-order valence-corrected chi connectivity index (χ2v) is 6.98. The molecule has 4 nitrogen and oxygen atoms in total. The minimum absolute atomic E-state index is 0.140. The van der Waals surface area contributed by atoms with Crippen LogP contribution in [0.25, 0.3) is 0 Å². The summed E-state index contributed by atoms with van der Waals surface area (Å²) in [6.07, 6.45) is 4.36. The number of hydrogen-bond acceptors (Lipinski definition) is 3. The van der Waals surface area contributed by atoms with Gasteiger partial charge in [-0.15, -0.1) is 0 Å². The van der Waals surface area contributed by atoms with Gasteiger partial charge < -0.3 is 10.1 Å². The van der Waals surface area contributed by atoms with E-state index in [1.54, 1.807) is 48.5 Å². The number of halogens is 1. The van der Waals surface area contributed by atoms with E-state index in [1.165, 1.54) is 6.42 Å². The van der Waals surface area contributed by atoms with E-state index in [0.29, 0.717) is 16.1 Å². The quantitative estimate of drug-likeness (QED) is 0.776. The Morgan fingerprint density at radius 2 is 1.62 bits per heavy atom. The van der Waals surface area contributed by atoms with Crippen LogP contribution in [0.1, 0.15) is 54.1 Å². The van der Waals surface area contributed by atoms with Crippen molar-refractivity contribution >= 4 is 23.5 Å². The van der Waals surface area contributed by atoms with Gasteiger partial charge in [0.05, 0.1) is 5.56 Å². The van der Waals surface area contributed by atoms with Crippen LogP contribution in [0.15, 0.2) is 54.6 Å². The van der Waals surface area contributed by atoms with Crippen LogP contribution in [0.3, 0.4) is 0 Å². The molecular weight excluding hydrogens is 350 g/mol. The van der Waals surface area contributed by atoms with Crippen molar-refractivity contribution in [3.8, 4) is 0 Å². The van der Waals surface area contributed by atoms with E-state index in [0.717, 1.165) is 25.7 Å². The summed E-state index contributed by atoms with van der Waals surface area (Å²) < 4.78 is 5.57. The molecule has 1 atom stereocenters. The summed E-state index contributed by atoms with van der Waals surface area (Å²) in [6, 6.07) is 15.6. The number of carbonyl (C=O) groups excluding carboxylic acids is 2. The van der Waals surface area contributed by atoms with Crippen LogP contribution >= 0.6 is 11.6 Å². The molecule has 0 saturated heterocycles. The number of esters is 1. The van der Waals surface area contributed by atoms with Crippen LogP contribution < -0.4 is 5.32 Å². The number of ether oxygens (including phenoxy) is 1. The fourth-order valence-corrected chi connectivity index (χ4v) is 3.31. The highest BCUT2D eigenvalue weighted by Crippen LogP contribution is 2.24. The van der Waals surface area contributed by atoms with E-state index in [9.17, 15) is 9.59 Å². The first-order chi connectivity index (χ1) is 12.6. The lowest BCUT2D eigenvalue weighted by molar-refractivity contribution is -0.131. The third-order valence-electron chi connectivity index (χ3n) is 4.60. The highest BCUT2D eigenvalue weighted by atomic mass is 35.5. The molecule has 0 aromatic heterocycles. The summed E-state index contributed by atoms with van der Waals surface area (Å²) in [5.74, 6) is -0.812. The number of carbonyl (C=O) groups is 2. The van der Waals surface area contributed by atoms with Crippen molar-refractivity contribution < 1.29 is 14.3 Å². The molecule has 1 fully saturated rings. The molecule has 0 heterocycles. The minimum Gasteiger partial charge on any atom is -0.444 e. The van der Waals surface area contributed by atoms with Gasteiger partial charge in [-0.25, -0.2) is 4.79 Å². The maximum atomic E-state index is 12.8. The summed E-state index contributed by atoms with van der Waals surface area (Å²) in [5, 5.41) is 3.60. The van der Waals surface area contributed by atoms with Gasteiger partial charge in [-0.3, -0.25) is 4.79 Å². The predicted octanol–water partition coefficient (Wildman–Crippen LogP) is 4.69. The van der Waals surface area contributed by atoms with Gasteiger partial charge in [0.2, 0.25) is 6.10 Å². The normalized spacial score (nSPS) is 15.9. The average molecular weight is 372 g/mol. The number of benzene rings is 2. The SMILES string of the molecule is O=C(OC(C(=O)NC1CCCCC1)c1ccc(Cl)cc1)c1ccccc1. The zero-order valence-corrected chi connectivity index (χ0v) is 15.2. The maximum Gasteiger partial charge on any atom is 0.339 e. The van der Waals surface area contributed by atoms with E-state index in [-0.39, 0.29) is 11.9 Å². The molecule has 1 aliphatic rings. The highest BCUT2D eigenvalue weighted by Gasteiger charge is 2.28. The number of amides is 1. The van der Waals surface area contributed by atoms with Gasteiger partial charge in [0.15, 0.2) is 0 Å². The van der Waals surface area contributed by atoms with E-state index < -0.39 is 12.1 Å². The molecule has 1 N–H and O–H groups in total. The van der Waals surface area contributed by atoms with Gasteiger partial charge in [-0.1, -0.05) is 61.2 Å². The van der Waals surface area contributed by atoms with Crippen LogP contribution in [-0.4, -0.2) is 17.9 Å². The molecule has 2 aromatic rings. The van der Waals surface area contributed by atoms with Crippen LogP contribution in [0, 0.1) is 0 Å². The Labute approximate surface area is 158 Å². The van der Waals surface area contributed by atoms with Gasteiger partial charge in [0, 0.05) is 16.6 Å². The Bertz CT molecular complexity index is 740. The Kier molecular flexibility index (Phi) is 6.29. The van der Waals surface area contributed by atoms with Gasteiger partial charge in [0.25, 0.3) is 5.91 Å². The molecule has 3 rings (SSSR count). The maximum absolute atomic E-state index is 12.8. The van der Waals surface area contributed by atoms with E-state index >= 15 is 0 Å². The lowest BCUT2D eigenvalue weighted by atomic mass is 9.95. The lowest BCUT2D eigenvalue weighted by Gasteiger charge is -2.25. The Hall–Kier alpha value is -2.33. The van der Waals surface area contributed by atoms with Crippen molar-refractivity contribution in [2.24, 2.45) is 0 Å². The van der Waals surface area contributed by atoms with Gasteiger partial charge in [0.1, 0.15) is 0 Å². The molecular formula is C21H22ClNO3. The van der Waals surface area contributed by atoms with Crippen LogP contribution in [-0.2, 0) is 9.53 Å². The molecule has 1 saturated carbocycles. The fraction of sp³-hybridized carbons (Fsp3) is 0.333. The number of rotatable bonds is 5. The molecule has 0 radical (unpaired) electrons. The second kappa shape index (κ2) is 8.86. The first kappa shape index (κ1) is 18.5. The minimum atomic E-state index is -0.998. The van der Waals surface area contributed by atoms with Crippen LogP contribution in [0.5, 0.6) is 0 Å². The molecule has 1 unspecified atom stereocenters. The largest absolute Gasteiger partial charge is 0.444 e. The monoisotopic (exact) mass is 371 g/mol. The summed E-state index contributed by atoms with van der Waals surface area (Å²) in [4.78, 5) is 25.3. The number of nitrogens with one attached hydrogen (secondary N) is 1. The van der Waals surface area contributed by atoms with E-state index in [2.05, 4.69) is 5.32 Å². The zero-order chi connectivity index (χ0) is 18.4. The predicted molar refractivity (Wildman–Crippen MR) is 101 cm³/mol. The van der Waals surface area contributed by atoms with Gasteiger partial charge in [-0.05, 0) is 37.1 Å². The lowest BCUT2D eigenvalue weighted by Crippen LogP contribution is -2.40. The Morgan fingerprint density at radius 3 is 2.27 bits per heavy atom. The second-order valence-electron chi connectivity index (χ2n) is 6.55. The van der Waals surface area contributed by atoms with Crippen molar-refractivity contribution in [1.82, 2.24) is 5.32 Å². The fourth-order valence-electron chi connectivity index (χ4n) is 3.18. The molecule has 5 heteroatoms. The van der Waals surface area contributed by atoms with Crippen molar-refractivity contribution in [3.05, 3.63) is 70.7 Å². The summed E-state index contributed by atoms with van der Waals surface area (Å²) >= 11 is 5.94. The highest BCUT2D eigenvalue weighted by molar-refractivity contribution is 6.30. The smallest absolute Gasteiger partial charge is 0.339 e.